The highest BCUT2D eigenvalue weighted by atomic mass is 35.5. The van der Waals surface area contributed by atoms with E-state index in [0.717, 1.165) is 30.8 Å². The van der Waals surface area contributed by atoms with E-state index in [9.17, 15) is 0 Å². The maximum atomic E-state index is 5.82. The van der Waals surface area contributed by atoms with Crippen LogP contribution in [0.15, 0.2) is 12.7 Å². The van der Waals surface area contributed by atoms with Crippen molar-refractivity contribution in [3.63, 3.8) is 0 Å². The van der Waals surface area contributed by atoms with Crippen molar-refractivity contribution in [1.29, 1.82) is 0 Å². The van der Waals surface area contributed by atoms with Crippen LogP contribution in [-0.4, -0.2) is 16.5 Å². The molecule has 0 aromatic carbocycles. The van der Waals surface area contributed by atoms with E-state index in [2.05, 4.69) is 21.9 Å². The van der Waals surface area contributed by atoms with Gasteiger partial charge in [0.2, 0.25) is 5.28 Å². The van der Waals surface area contributed by atoms with Crippen LogP contribution in [0.4, 0.5) is 5.82 Å². The van der Waals surface area contributed by atoms with Crippen molar-refractivity contribution in [2.24, 2.45) is 0 Å². The van der Waals surface area contributed by atoms with E-state index >= 15 is 0 Å². The van der Waals surface area contributed by atoms with E-state index in [1.165, 1.54) is 5.56 Å². The minimum atomic E-state index is 0.331. The first-order chi connectivity index (χ1) is 6.81. The number of rotatable bonds is 3. The number of halogens is 1. The highest BCUT2D eigenvalue weighted by molar-refractivity contribution is 6.28. The van der Waals surface area contributed by atoms with Crippen LogP contribution in [-0.2, 0) is 12.8 Å². The summed E-state index contributed by atoms with van der Waals surface area (Å²) in [5.74, 6) is 0.873. The van der Waals surface area contributed by atoms with Crippen molar-refractivity contribution in [3.8, 4) is 0 Å². The molecular weight excluding hydrogens is 198 g/mol. The number of hydrogen-bond donors (Lipinski definition) is 1. The zero-order valence-electron chi connectivity index (χ0n) is 7.89. The lowest BCUT2D eigenvalue weighted by atomic mass is 10.2. The van der Waals surface area contributed by atoms with Crippen molar-refractivity contribution in [2.75, 3.05) is 11.9 Å². The van der Waals surface area contributed by atoms with Crippen molar-refractivity contribution in [3.05, 3.63) is 29.2 Å². The summed E-state index contributed by atoms with van der Waals surface area (Å²) < 4.78 is 0. The van der Waals surface area contributed by atoms with Gasteiger partial charge in [0.25, 0.3) is 0 Å². The molecule has 1 aromatic heterocycles. The van der Waals surface area contributed by atoms with Gasteiger partial charge in [0.1, 0.15) is 5.82 Å². The van der Waals surface area contributed by atoms with Gasteiger partial charge in [-0.05, 0) is 30.9 Å². The third kappa shape index (κ3) is 1.73. The number of aryl methyl sites for hydroxylation is 1. The van der Waals surface area contributed by atoms with Crippen LogP contribution >= 0.6 is 11.6 Å². The fourth-order valence-electron chi connectivity index (χ4n) is 1.72. The van der Waals surface area contributed by atoms with E-state index in [0.29, 0.717) is 11.8 Å². The third-order valence-corrected chi connectivity index (χ3v) is 2.49. The monoisotopic (exact) mass is 209 g/mol. The van der Waals surface area contributed by atoms with Gasteiger partial charge in [-0.3, -0.25) is 0 Å². The molecule has 1 aliphatic rings. The summed E-state index contributed by atoms with van der Waals surface area (Å²) >= 11 is 5.82. The molecule has 0 saturated carbocycles. The molecule has 0 aliphatic heterocycles. The summed E-state index contributed by atoms with van der Waals surface area (Å²) in [4.78, 5) is 8.39. The molecule has 2 rings (SSSR count). The summed E-state index contributed by atoms with van der Waals surface area (Å²) in [6.07, 6.45) is 5.01. The van der Waals surface area contributed by atoms with Crippen LogP contribution in [0.1, 0.15) is 17.7 Å². The van der Waals surface area contributed by atoms with Gasteiger partial charge in [0.15, 0.2) is 0 Å². The van der Waals surface area contributed by atoms with Gasteiger partial charge >= 0.3 is 0 Å². The van der Waals surface area contributed by atoms with E-state index in [-0.39, 0.29) is 0 Å². The fourth-order valence-corrected chi connectivity index (χ4v) is 1.90. The summed E-state index contributed by atoms with van der Waals surface area (Å²) in [5, 5.41) is 3.51. The molecule has 0 amide bonds. The largest absolute Gasteiger partial charge is 0.366 e. The van der Waals surface area contributed by atoms with E-state index < -0.39 is 0 Å². The highest BCUT2D eigenvalue weighted by Gasteiger charge is 2.18. The van der Waals surface area contributed by atoms with E-state index in [1.807, 2.05) is 0 Å². The van der Waals surface area contributed by atoms with Gasteiger partial charge in [-0.1, -0.05) is 6.08 Å². The number of anilines is 1. The number of nitrogens with one attached hydrogen (secondary N) is 1. The van der Waals surface area contributed by atoms with Crippen LogP contribution in [0.2, 0.25) is 5.28 Å². The molecule has 0 spiro atoms. The summed E-state index contributed by atoms with van der Waals surface area (Å²) in [5.41, 5.74) is 2.31. The first kappa shape index (κ1) is 9.46. The van der Waals surface area contributed by atoms with Gasteiger partial charge in [-0.2, -0.15) is 0 Å². The van der Waals surface area contributed by atoms with Gasteiger partial charge in [0.05, 0.1) is 5.69 Å². The van der Waals surface area contributed by atoms with Crippen molar-refractivity contribution >= 4 is 17.4 Å². The molecule has 0 bridgehead atoms. The molecule has 14 heavy (non-hydrogen) atoms. The van der Waals surface area contributed by atoms with E-state index in [1.54, 1.807) is 6.08 Å². The number of fused-ring (bicyclic) bond motifs is 1. The maximum absolute atomic E-state index is 5.82. The summed E-state index contributed by atoms with van der Waals surface area (Å²) in [6.45, 7) is 4.36. The zero-order chi connectivity index (χ0) is 9.97. The SMILES string of the molecule is C=CCNc1nc(Cl)nc2c1CCC2. The molecular formula is C10H12ClN3. The minimum absolute atomic E-state index is 0.331. The molecule has 0 saturated heterocycles. The lowest BCUT2D eigenvalue weighted by Gasteiger charge is -2.08. The predicted molar refractivity (Wildman–Crippen MR) is 57.8 cm³/mol. The van der Waals surface area contributed by atoms with Crippen LogP contribution in [0, 0.1) is 0 Å². The Morgan fingerprint density at radius 3 is 3.07 bits per heavy atom. The Labute approximate surface area is 88.2 Å². The average molecular weight is 210 g/mol. The molecule has 74 valence electrons. The van der Waals surface area contributed by atoms with Crippen molar-refractivity contribution in [2.45, 2.75) is 19.3 Å². The molecule has 3 nitrogen and oxygen atoms in total. The first-order valence-electron chi connectivity index (χ1n) is 4.71. The molecule has 0 atom stereocenters. The number of hydrogen-bond acceptors (Lipinski definition) is 3. The molecule has 4 heteroatoms. The standard InChI is InChI=1S/C10H12ClN3/c1-2-6-12-9-7-4-3-5-8(7)13-10(11)14-9/h2H,1,3-6H2,(H,12,13,14). The Kier molecular flexibility index (Phi) is 2.68. The fraction of sp³-hybridized carbons (Fsp3) is 0.400. The lowest BCUT2D eigenvalue weighted by molar-refractivity contribution is 0.899. The normalized spacial score (nSPS) is 13.8. The maximum Gasteiger partial charge on any atom is 0.224 e. The van der Waals surface area contributed by atoms with Gasteiger partial charge < -0.3 is 5.32 Å². The van der Waals surface area contributed by atoms with Crippen LogP contribution < -0.4 is 5.32 Å². The average Bonchev–Trinajstić information content (AvgIpc) is 2.61. The number of aromatic nitrogens is 2. The Balaban J connectivity index is 2.33. The molecule has 1 aromatic rings. The smallest absolute Gasteiger partial charge is 0.224 e. The van der Waals surface area contributed by atoms with Gasteiger partial charge in [0, 0.05) is 12.1 Å². The first-order valence-corrected chi connectivity index (χ1v) is 5.09. The predicted octanol–water partition coefficient (Wildman–Crippen LogP) is 2.22. The quantitative estimate of drug-likeness (QED) is 0.613. The van der Waals surface area contributed by atoms with Gasteiger partial charge in [-0.25, -0.2) is 9.97 Å². The Bertz CT molecular complexity index is 363. The minimum Gasteiger partial charge on any atom is -0.366 e. The molecule has 0 radical (unpaired) electrons. The van der Waals surface area contributed by atoms with Crippen molar-refractivity contribution in [1.82, 2.24) is 9.97 Å². The van der Waals surface area contributed by atoms with Gasteiger partial charge in [-0.15, -0.1) is 6.58 Å². The van der Waals surface area contributed by atoms with Crippen LogP contribution in [0.5, 0.6) is 0 Å². The summed E-state index contributed by atoms with van der Waals surface area (Å²) in [6, 6.07) is 0. The second-order valence-electron chi connectivity index (χ2n) is 3.29. The third-order valence-electron chi connectivity index (χ3n) is 2.32. The Hall–Kier alpha value is -1.09. The van der Waals surface area contributed by atoms with Crippen molar-refractivity contribution < 1.29 is 0 Å². The molecule has 1 N–H and O–H groups in total. The van der Waals surface area contributed by atoms with E-state index in [4.69, 9.17) is 11.6 Å². The molecule has 0 fully saturated rings. The molecule has 1 aliphatic carbocycles. The number of nitrogens with zero attached hydrogens (tertiary/aromatic N) is 2. The topological polar surface area (TPSA) is 37.8 Å². The summed E-state index contributed by atoms with van der Waals surface area (Å²) in [7, 11) is 0. The second-order valence-corrected chi connectivity index (χ2v) is 3.63. The van der Waals surface area contributed by atoms with Crippen LogP contribution in [0.3, 0.4) is 0 Å². The lowest BCUT2D eigenvalue weighted by Crippen LogP contribution is -2.05. The van der Waals surface area contributed by atoms with Crippen LogP contribution in [0.25, 0.3) is 0 Å². The second kappa shape index (κ2) is 3.96. The highest BCUT2D eigenvalue weighted by Crippen LogP contribution is 2.27. The Morgan fingerprint density at radius 1 is 1.43 bits per heavy atom. The molecule has 0 unspecified atom stereocenters. The zero-order valence-corrected chi connectivity index (χ0v) is 8.64. The molecule has 1 heterocycles. The Morgan fingerprint density at radius 2 is 2.29 bits per heavy atom.